The number of sulfonamides is 1. The zero-order valence-corrected chi connectivity index (χ0v) is 12.7. The minimum atomic E-state index is -4.25. The van der Waals surface area contributed by atoms with Crippen LogP contribution in [0.1, 0.15) is 6.42 Å². The van der Waals surface area contributed by atoms with E-state index in [0.717, 1.165) is 4.31 Å². The highest BCUT2D eigenvalue weighted by Gasteiger charge is 2.29. The van der Waals surface area contributed by atoms with E-state index in [0.29, 0.717) is 17.8 Å². The number of rotatable bonds is 6. The topological polar surface area (TPSA) is 80.5 Å². The van der Waals surface area contributed by atoms with Gasteiger partial charge in [0.05, 0.1) is 4.92 Å². The summed E-state index contributed by atoms with van der Waals surface area (Å²) in [6.07, 6.45) is 0.473. The first kappa shape index (κ1) is 16.9. The molecule has 0 amide bonds. The third-order valence-electron chi connectivity index (χ3n) is 2.49. The lowest BCUT2D eigenvalue weighted by molar-refractivity contribution is -0.387. The van der Waals surface area contributed by atoms with E-state index in [1.807, 2.05) is 0 Å². The predicted molar refractivity (Wildman–Crippen MR) is 71.2 cm³/mol. The molecule has 0 aromatic heterocycles. The molecule has 0 bridgehead atoms. The van der Waals surface area contributed by atoms with E-state index < -0.39 is 37.2 Å². The molecule has 0 aliphatic carbocycles. The summed E-state index contributed by atoms with van der Waals surface area (Å²) in [5.74, 6) is -2.78. The SMILES string of the molecule is CN(CCCBr)S(=O)(=O)c1cc([N+](=O)[O-])c(F)cc1F. The highest BCUT2D eigenvalue weighted by molar-refractivity contribution is 9.09. The number of nitro groups is 1. The summed E-state index contributed by atoms with van der Waals surface area (Å²) in [4.78, 5) is 8.56. The fourth-order valence-corrected chi connectivity index (χ4v) is 2.95. The molecule has 1 aromatic carbocycles. The minimum Gasteiger partial charge on any atom is -0.258 e. The molecule has 0 unspecified atom stereocenters. The molecule has 0 N–H and O–H groups in total. The molecule has 0 saturated carbocycles. The van der Waals surface area contributed by atoms with Gasteiger partial charge in [0.2, 0.25) is 15.8 Å². The number of nitro benzene ring substituents is 1. The van der Waals surface area contributed by atoms with Crippen molar-refractivity contribution in [3.8, 4) is 0 Å². The second kappa shape index (κ2) is 6.55. The van der Waals surface area contributed by atoms with Gasteiger partial charge in [-0.05, 0) is 6.42 Å². The molecule has 112 valence electrons. The molecule has 0 aliphatic heterocycles. The van der Waals surface area contributed by atoms with Gasteiger partial charge in [-0.1, -0.05) is 15.9 Å². The van der Waals surface area contributed by atoms with Crippen LogP contribution in [0.4, 0.5) is 14.5 Å². The smallest absolute Gasteiger partial charge is 0.258 e. The Kier molecular flexibility index (Phi) is 5.54. The molecule has 6 nitrogen and oxygen atoms in total. The van der Waals surface area contributed by atoms with Crippen molar-refractivity contribution in [2.24, 2.45) is 0 Å². The van der Waals surface area contributed by atoms with Gasteiger partial charge in [0.1, 0.15) is 10.7 Å². The fraction of sp³-hybridized carbons (Fsp3) is 0.400. The fourth-order valence-electron chi connectivity index (χ4n) is 1.43. The number of hydrogen-bond donors (Lipinski definition) is 0. The Morgan fingerprint density at radius 2 is 1.95 bits per heavy atom. The lowest BCUT2D eigenvalue weighted by Gasteiger charge is -2.16. The van der Waals surface area contributed by atoms with Crippen molar-refractivity contribution in [1.29, 1.82) is 0 Å². The Morgan fingerprint density at radius 1 is 1.35 bits per heavy atom. The first-order chi connectivity index (χ1) is 9.21. The zero-order valence-electron chi connectivity index (χ0n) is 10.3. The molecule has 0 heterocycles. The first-order valence-electron chi connectivity index (χ1n) is 5.37. The second-order valence-electron chi connectivity index (χ2n) is 3.86. The number of alkyl halides is 1. The molecular weight excluding hydrogens is 362 g/mol. The van der Waals surface area contributed by atoms with E-state index in [9.17, 15) is 27.3 Å². The van der Waals surface area contributed by atoms with Crippen LogP contribution in [0, 0.1) is 21.7 Å². The van der Waals surface area contributed by atoms with Crippen LogP contribution in [0.2, 0.25) is 0 Å². The molecule has 20 heavy (non-hydrogen) atoms. The summed E-state index contributed by atoms with van der Waals surface area (Å²) < 4.78 is 51.8. The maximum atomic E-state index is 13.6. The highest BCUT2D eigenvalue weighted by Crippen LogP contribution is 2.26. The van der Waals surface area contributed by atoms with Crippen molar-refractivity contribution in [3.05, 3.63) is 33.9 Å². The average molecular weight is 373 g/mol. The molecule has 0 fully saturated rings. The van der Waals surface area contributed by atoms with Crippen LogP contribution < -0.4 is 0 Å². The largest absolute Gasteiger partial charge is 0.306 e. The summed E-state index contributed by atoms with van der Waals surface area (Å²) in [7, 11) is -3.03. The Morgan fingerprint density at radius 3 is 2.45 bits per heavy atom. The zero-order chi connectivity index (χ0) is 15.5. The van der Waals surface area contributed by atoms with E-state index in [2.05, 4.69) is 15.9 Å². The van der Waals surface area contributed by atoms with E-state index in [1.54, 1.807) is 0 Å². The van der Waals surface area contributed by atoms with Gasteiger partial charge in [0, 0.05) is 31.1 Å². The lowest BCUT2D eigenvalue weighted by Crippen LogP contribution is -2.29. The molecule has 0 aliphatic rings. The predicted octanol–water partition coefficient (Wildman–Crippen LogP) is 2.28. The van der Waals surface area contributed by atoms with Gasteiger partial charge in [-0.15, -0.1) is 0 Å². The van der Waals surface area contributed by atoms with Crippen LogP contribution in [0.25, 0.3) is 0 Å². The molecule has 1 rings (SSSR count). The minimum absolute atomic E-state index is 0.0954. The van der Waals surface area contributed by atoms with E-state index in [1.165, 1.54) is 7.05 Å². The third-order valence-corrected chi connectivity index (χ3v) is 4.93. The number of halogens is 3. The van der Waals surface area contributed by atoms with Crippen LogP contribution in [-0.4, -0.2) is 36.6 Å². The highest BCUT2D eigenvalue weighted by atomic mass is 79.9. The van der Waals surface area contributed by atoms with Crippen molar-refractivity contribution in [3.63, 3.8) is 0 Å². The first-order valence-corrected chi connectivity index (χ1v) is 7.93. The number of benzene rings is 1. The summed E-state index contributed by atoms with van der Waals surface area (Å²) in [6.45, 7) is 0.0954. The molecule has 10 heteroatoms. The van der Waals surface area contributed by atoms with Crippen molar-refractivity contribution in [2.75, 3.05) is 18.9 Å². The van der Waals surface area contributed by atoms with Gasteiger partial charge in [-0.2, -0.15) is 4.39 Å². The summed E-state index contributed by atoms with van der Waals surface area (Å²) >= 11 is 3.12. The van der Waals surface area contributed by atoms with Crippen molar-refractivity contribution in [2.45, 2.75) is 11.3 Å². The summed E-state index contributed by atoms with van der Waals surface area (Å²) in [5.41, 5.74) is -1.08. The molecule has 0 saturated heterocycles. The molecule has 1 aromatic rings. The normalized spacial score (nSPS) is 11.8. The molecule has 0 radical (unpaired) electrons. The van der Waals surface area contributed by atoms with E-state index in [4.69, 9.17) is 0 Å². The monoisotopic (exact) mass is 372 g/mol. The van der Waals surface area contributed by atoms with Crippen LogP contribution in [0.5, 0.6) is 0 Å². The van der Waals surface area contributed by atoms with Crippen LogP contribution >= 0.6 is 15.9 Å². The number of nitrogens with zero attached hydrogens (tertiary/aromatic N) is 2. The third kappa shape index (κ3) is 3.49. The van der Waals surface area contributed by atoms with Gasteiger partial charge >= 0.3 is 5.69 Å². The second-order valence-corrected chi connectivity index (χ2v) is 6.67. The number of hydrogen-bond acceptors (Lipinski definition) is 4. The van der Waals surface area contributed by atoms with Crippen molar-refractivity contribution < 1.29 is 22.1 Å². The van der Waals surface area contributed by atoms with Crippen molar-refractivity contribution in [1.82, 2.24) is 4.31 Å². The lowest BCUT2D eigenvalue weighted by atomic mass is 10.3. The van der Waals surface area contributed by atoms with Gasteiger partial charge < -0.3 is 0 Å². The quantitative estimate of drug-likeness (QED) is 0.435. The van der Waals surface area contributed by atoms with Crippen LogP contribution in [-0.2, 0) is 10.0 Å². The van der Waals surface area contributed by atoms with E-state index in [-0.39, 0.29) is 12.6 Å². The maximum Gasteiger partial charge on any atom is 0.306 e. The van der Waals surface area contributed by atoms with E-state index >= 15 is 0 Å². The molecule has 0 spiro atoms. The Bertz CT molecular complexity index is 624. The Hall–Kier alpha value is -1.13. The Labute approximate surface area is 122 Å². The van der Waals surface area contributed by atoms with Gasteiger partial charge in [0.25, 0.3) is 0 Å². The summed E-state index contributed by atoms with van der Waals surface area (Å²) in [6, 6.07) is 0.591. The molecular formula is C10H11BrF2N2O4S. The maximum absolute atomic E-state index is 13.6. The summed E-state index contributed by atoms with van der Waals surface area (Å²) in [5, 5.41) is 11.1. The van der Waals surface area contributed by atoms with Gasteiger partial charge in [-0.25, -0.2) is 17.1 Å². The molecule has 0 atom stereocenters. The standard InChI is InChI=1S/C10H11BrF2N2O4S/c1-14(4-2-3-11)20(18,19)10-6-9(15(16)17)7(12)5-8(10)13/h5-6H,2-4H2,1H3. The average Bonchev–Trinajstić information content (AvgIpc) is 2.34. The Balaban J connectivity index is 3.31. The van der Waals surface area contributed by atoms with Crippen molar-refractivity contribution >= 4 is 31.6 Å². The van der Waals surface area contributed by atoms with Gasteiger partial charge in [0.15, 0.2) is 0 Å². The van der Waals surface area contributed by atoms with Crippen LogP contribution in [0.15, 0.2) is 17.0 Å². The van der Waals surface area contributed by atoms with Crippen LogP contribution in [0.3, 0.4) is 0 Å². The van der Waals surface area contributed by atoms with Gasteiger partial charge in [-0.3, -0.25) is 10.1 Å².